The van der Waals surface area contributed by atoms with Gasteiger partial charge in [-0.15, -0.1) is 0 Å². The topological polar surface area (TPSA) is 96.3 Å². The van der Waals surface area contributed by atoms with Gasteiger partial charge in [0.15, 0.2) is 5.65 Å². The molecule has 0 spiro atoms. The van der Waals surface area contributed by atoms with E-state index in [2.05, 4.69) is 31.7 Å². The molecule has 0 amide bonds. The van der Waals surface area contributed by atoms with Gasteiger partial charge in [0.2, 0.25) is 0 Å². The molecule has 0 aliphatic rings. The molecule has 33 heavy (non-hydrogen) atoms. The van der Waals surface area contributed by atoms with Crippen molar-refractivity contribution in [3.8, 4) is 22.5 Å². The third-order valence-corrected chi connectivity index (χ3v) is 5.59. The van der Waals surface area contributed by atoms with Gasteiger partial charge < -0.3 is 10.7 Å². The van der Waals surface area contributed by atoms with Crippen LogP contribution in [0, 0.1) is 5.82 Å². The van der Waals surface area contributed by atoms with Crippen molar-refractivity contribution in [1.29, 1.82) is 0 Å². The van der Waals surface area contributed by atoms with E-state index in [4.69, 9.17) is 5.73 Å². The molecule has 6 nitrogen and oxygen atoms in total. The molecule has 5 aromatic rings. The summed E-state index contributed by atoms with van der Waals surface area (Å²) in [5, 5.41) is 9.16. The fourth-order valence-electron chi connectivity index (χ4n) is 3.91. The van der Waals surface area contributed by atoms with Crippen molar-refractivity contribution < 1.29 is 4.39 Å². The number of rotatable bonds is 5. The van der Waals surface area contributed by atoms with Gasteiger partial charge in [-0.2, -0.15) is 5.10 Å². The number of halogens is 1. The molecule has 0 bridgehead atoms. The maximum absolute atomic E-state index is 14.5. The SMILES string of the molecule is C=C/C(N)=C\C(=C/C)c1cnc2n[nH]c(-c3cc4c(-c5ccccc5F)cncc4[nH]3)c2c1. The van der Waals surface area contributed by atoms with Gasteiger partial charge in [-0.25, -0.2) is 9.37 Å². The first-order chi connectivity index (χ1) is 16.1. The highest BCUT2D eigenvalue weighted by Crippen LogP contribution is 2.34. The van der Waals surface area contributed by atoms with Crippen LogP contribution in [0.25, 0.3) is 50.0 Å². The predicted octanol–water partition coefficient (Wildman–Crippen LogP) is 5.74. The zero-order valence-corrected chi connectivity index (χ0v) is 17.9. The van der Waals surface area contributed by atoms with Crippen molar-refractivity contribution in [3.05, 3.63) is 96.9 Å². The first-order valence-corrected chi connectivity index (χ1v) is 10.4. The largest absolute Gasteiger partial charge is 0.399 e. The van der Waals surface area contributed by atoms with Crippen molar-refractivity contribution in [1.82, 2.24) is 25.1 Å². The fraction of sp³-hybridized carbons (Fsp3) is 0.0385. The van der Waals surface area contributed by atoms with E-state index in [9.17, 15) is 4.39 Å². The minimum atomic E-state index is -0.291. The normalized spacial score (nSPS) is 12.5. The maximum atomic E-state index is 14.5. The van der Waals surface area contributed by atoms with Crippen LogP contribution >= 0.6 is 0 Å². The zero-order chi connectivity index (χ0) is 22.9. The number of aromatic nitrogens is 5. The van der Waals surface area contributed by atoms with Crippen molar-refractivity contribution in [3.63, 3.8) is 0 Å². The number of nitrogens with two attached hydrogens (primary N) is 1. The molecule has 1 aromatic carbocycles. The molecular weight excluding hydrogens is 415 g/mol. The quantitative estimate of drug-likeness (QED) is 0.306. The third kappa shape index (κ3) is 3.59. The summed E-state index contributed by atoms with van der Waals surface area (Å²) >= 11 is 0. The van der Waals surface area contributed by atoms with Crippen LogP contribution in [0.5, 0.6) is 0 Å². The van der Waals surface area contributed by atoms with Gasteiger partial charge in [0.25, 0.3) is 0 Å². The number of fused-ring (bicyclic) bond motifs is 2. The van der Waals surface area contributed by atoms with E-state index in [1.165, 1.54) is 6.07 Å². The first-order valence-electron chi connectivity index (χ1n) is 10.4. The first kappa shape index (κ1) is 20.4. The van der Waals surface area contributed by atoms with Gasteiger partial charge in [0, 0.05) is 45.6 Å². The number of hydrogen-bond acceptors (Lipinski definition) is 4. The van der Waals surface area contributed by atoms with E-state index in [0.717, 1.165) is 44.4 Å². The highest BCUT2D eigenvalue weighted by Gasteiger charge is 2.16. The number of H-pyrrole nitrogens is 2. The second-order valence-electron chi connectivity index (χ2n) is 7.60. The average molecular weight is 436 g/mol. The smallest absolute Gasteiger partial charge is 0.181 e. The number of benzene rings is 1. The van der Waals surface area contributed by atoms with Gasteiger partial charge >= 0.3 is 0 Å². The highest BCUT2D eigenvalue weighted by atomic mass is 19.1. The lowest BCUT2D eigenvalue weighted by Gasteiger charge is -2.04. The average Bonchev–Trinajstić information content (AvgIpc) is 3.46. The molecule has 0 unspecified atom stereocenters. The van der Waals surface area contributed by atoms with Crippen LogP contribution < -0.4 is 5.73 Å². The zero-order valence-electron chi connectivity index (χ0n) is 17.9. The molecule has 162 valence electrons. The van der Waals surface area contributed by atoms with Crippen LogP contribution in [-0.4, -0.2) is 25.1 Å². The molecule has 4 N–H and O–H groups in total. The molecule has 7 heteroatoms. The van der Waals surface area contributed by atoms with Crippen LogP contribution in [0.2, 0.25) is 0 Å². The van der Waals surface area contributed by atoms with Crippen LogP contribution in [0.3, 0.4) is 0 Å². The summed E-state index contributed by atoms with van der Waals surface area (Å²) in [5.74, 6) is -0.291. The molecule has 0 aliphatic heterocycles. The minimum absolute atomic E-state index is 0.291. The number of pyridine rings is 2. The maximum Gasteiger partial charge on any atom is 0.181 e. The number of aromatic amines is 2. The fourth-order valence-corrected chi connectivity index (χ4v) is 3.91. The molecule has 0 fully saturated rings. The second-order valence-corrected chi connectivity index (χ2v) is 7.60. The van der Waals surface area contributed by atoms with Gasteiger partial charge in [0.1, 0.15) is 5.82 Å². The third-order valence-electron chi connectivity index (χ3n) is 5.59. The predicted molar refractivity (Wildman–Crippen MR) is 130 cm³/mol. The van der Waals surface area contributed by atoms with Crippen molar-refractivity contribution in [2.24, 2.45) is 5.73 Å². The molecule has 0 radical (unpaired) electrons. The Morgan fingerprint density at radius 1 is 1.09 bits per heavy atom. The van der Waals surface area contributed by atoms with Gasteiger partial charge in [-0.3, -0.25) is 10.1 Å². The highest BCUT2D eigenvalue weighted by molar-refractivity contribution is 6.00. The van der Waals surface area contributed by atoms with E-state index in [1.807, 2.05) is 37.3 Å². The van der Waals surface area contributed by atoms with Crippen LogP contribution in [0.1, 0.15) is 12.5 Å². The molecule has 5 rings (SSSR count). The Morgan fingerprint density at radius 2 is 1.94 bits per heavy atom. The van der Waals surface area contributed by atoms with Gasteiger partial charge in [-0.1, -0.05) is 30.9 Å². The summed E-state index contributed by atoms with van der Waals surface area (Å²) in [7, 11) is 0. The van der Waals surface area contributed by atoms with Crippen molar-refractivity contribution in [2.75, 3.05) is 0 Å². The lowest BCUT2D eigenvalue weighted by atomic mass is 10.0. The van der Waals surface area contributed by atoms with E-state index < -0.39 is 0 Å². The molecule has 0 aliphatic carbocycles. The summed E-state index contributed by atoms with van der Waals surface area (Å²) in [5.41, 5.74) is 12.5. The van der Waals surface area contributed by atoms with Crippen LogP contribution in [0.4, 0.5) is 4.39 Å². The Morgan fingerprint density at radius 3 is 2.73 bits per heavy atom. The summed E-state index contributed by atoms with van der Waals surface area (Å²) in [6.07, 6.45) is 10.6. The number of allylic oxidation sites excluding steroid dienone is 4. The van der Waals surface area contributed by atoms with E-state index in [-0.39, 0.29) is 5.82 Å². The van der Waals surface area contributed by atoms with Crippen molar-refractivity contribution in [2.45, 2.75) is 6.92 Å². The summed E-state index contributed by atoms with van der Waals surface area (Å²) in [4.78, 5) is 12.2. The van der Waals surface area contributed by atoms with Crippen LogP contribution in [0.15, 0.2) is 85.5 Å². The minimum Gasteiger partial charge on any atom is -0.399 e. The molecule has 0 atom stereocenters. The van der Waals surface area contributed by atoms with E-state index in [0.29, 0.717) is 16.9 Å². The van der Waals surface area contributed by atoms with Crippen LogP contribution in [-0.2, 0) is 0 Å². The van der Waals surface area contributed by atoms with Gasteiger partial charge in [-0.05, 0) is 42.8 Å². The van der Waals surface area contributed by atoms with E-state index in [1.54, 1.807) is 36.8 Å². The van der Waals surface area contributed by atoms with Crippen molar-refractivity contribution >= 4 is 27.5 Å². The second kappa shape index (κ2) is 8.20. The molecular formula is C26H21FN6. The summed E-state index contributed by atoms with van der Waals surface area (Å²) in [6.45, 7) is 5.65. The summed E-state index contributed by atoms with van der Waals surface area (Å²) < 4.78 is 14.5. The molecule has 4 heterocycles. The number of hydrogen-bond donors (Lipinski definition) is 3. The molecule has 0 saturated carbocycles. The Bertz CT molecular complexity index is 1570. The van der Waals surface area contributed by atoms with E-state index >= 15 is 0 Å². The molecule has 4 aromatic heterocycles. The van der Waals surface area contributed by atoms with Gasteiger partial charge in [0.05, 0.1) is 23.1 Å². The monoisotopic (exact) mass is 436 g/mol. The Kier molecular flexibility index (Phi) is 5.06. The number of nitrogens with one attached hydrogen (secondary N) is 2. The Labute approximate surface area is 189 Å². The molecule has 0 saturated heterocycles. The Hall–Kier alpha value is -4.52. The lowest BCUT2D eigenvalue weighted by molar-refractivity contribution is 0.631. The standard InChI is InChI=1S/C26H21FN6/c1-3-15(9-17(28)4-2)16-10-20-25(32-33-26(20)30-12-16)23-11-19-21(13-29-14-24(19)31-23)18-7-5-6-8-22(18)27/h3-14,31H,2,28H2,1H3,(H,30,32,33)/b15-3+,17-9+. The number of nitrogens with zero attached hydrogens (tertiary/aromatic N) is 3. The lowest BCUT2D eigenvalue weighted by Crippen LogP contribution is -1.93. The Balaban J connectivity index is 1.65. The summed E-state index contributed by atoms with van der Waals surface area (Å²) in [6, 6.07) is 10.7.